The van der Waals surface area contributed by atoms with Crippen LogP contribution >= 0.6 is 0 Å². The predicted octanol–water partition coefficient (Wildman–Crippen LogP) is 2.43. The van der Waals surface area contributed by atoms with E-state index in [2.05, 4.69) is 0 Å². The molecule has 0 amide bonds. The van der Waals surface area contributed by atoms with Crippen LogP contribution in [0, 0.1) is 17.6 Å². The molecule has 0 heterocycles. The Labute approximate surface area is 103 Å². The van der Waals surface area contributed by atoms with E-state index in [0.717, 1.165) is 18.2 Å². The van der Waals surface area contributed by atoms with Crippen LogP contribution in [0.2, 0.25) is 0 Å². The third-order valence-electron chi connectivity index (χ3n) is 3.56. The smallest absolute Gasteiger partial charge is 0.306 e. The minimum Gasteiger partial charge on any atom is -0.481 e. The summed E-state index contributed by atoms with van der Waals surface area (Å²) in [6, 6.07) is 2.95. The van der Waals surface area contributed by atoms with Crippen molar-refractivity contribution in [2.24, 2.45) is 5.92 Å². The summed E-state index contributed by atoms with van der Waals surface area (Å²) in [4.78, 5) is 10.8. The average molecular weight is 256 g/mol. The molecule has 0 atom stereocenters. The van der Waals surface area contributed by atoms with Crippen LogP contribution in [0.4, 0.5) is 8.78 Å². The van der Waals surface area contributed by atoms with E-state index in [1.165, 1.54) is 0 Å². The van der Waals surface area contributed by atoms with Crippen molar-refractivity contribution in [2.75, 3.05) is 0 Å². The van der Waals surface area contributed by atoms with Gasteiger partial charge in [-0.25, -0.2) is 8.78 Å². The van der Waals surface area contributed by atoms with Gasteiger partial charge in [0.05, 0.1) is 11.5 Å². The minimum absolute atomic E-state index is 0.184. The van der Waals surface area contributed by atoms with Gasteiger partial charge in [0.2, 0.25) is 0 Å². The van der Waals surface area contributed by atoms with Gasteiger partial charge in [0.25, 0.3) is 0 Å². The van der Waals surface area contributed by atoms with Crippen molar-refractivity contribution in [2.45, 2.75) is 31.3 Å². The van der Waals surface area contributed by atoms with Gasteiger partial charge in [0.15, 0.2) is 0 Å². The molecule has 0 saturated heterocycles. The summed E-state index contributed by atoms with van der Waals surface area (Å²) in [5, 5.41) is 19.2. The van der Waals surface area contributed by atoms with Crippen molar-refractivity contribution in [3.05, 3.63) is 35.4 Å². The lowest BCUT2D eigenvalue weighted by Gasteiger charge is -2.35. The maximum Gasteiger partial charge on any atom is 0.306 e. The SMILES string of the molecule is O=C(O)C1CCC(O)(c2cc(F)cc(F)c2)CC1. The second kappa shape index (κ2) is 4.65. The van der Waals surface area contributed by atoms with Crippen LogP contribution in [0.25, 0.3) is 0 Å². The maximum atomic E-state index is 13.1. The fourth-order valence-corrected chi connectivity index (χ4v) is 2.45. The number of carbonyl (C=O) groups is 1. The fourth-order valence-electron chi connectivity index (χ4n) is 2.45. The zero-order valence-electron chi connectivity index (χ0n) is 9.70. The minimum atomic E-state index is -1.32. The van der Waals surface area contributed by atoms with Crippen molar-refractivity contribution in [1.29, 1.82) is 0 Å². The van der Waals surface area contributed by atoms with Gasteiger partial charge in [-0.2, -0.15) is 0 Å². The van der Waals surface area contributed by atoms with Crippen LogP contribution in [-0.2, 0) is 10.4 Å². The highest BCUT2D eigenvalue weighted by Crippen LogP contribution is 2.39. The average Bonchev–Trinajstić information content (AvgIpc) is 2.28. The van der Waals surface area contributed by atoms with Gasteiger partial charge in [-0.15, -0.1) is 0 Å². The molecule has 1 aliphatic rings. The number of rotatable bonds is 2. The van der Waals surface area contributed by atoms with Crippen LogP contribution in [0.3, 0.4) is 0 Å². The summed E-state index contributed by atoms with van der Waals surface area (Å²) >= 11 is 0. The Morgan fingerprint density at radius 3 is 2.11 bits per heavy atom. The molecular weight excluding hydrogens is 242 g/mol. The van der Waals surface area contributed by atoms with Gasteiger partial charge in [0.1, 0.15) is 11.6 Å². The molecule has 98 valence electrons. The molecule has 2 rings (SSSR count). The summed E-state index contributed by atoms with van der Waals surface area (Å²) < 4.78 is 26.2. The molecule has 2 N–H and O–H groups in total. The van der Waals surface area contributed by atoms with Gasteiger partial charge in [-0.3, -0.25) is 4.79 Å². The monoisotopic (exact) mass is 256 g/mol. The standard InChI is InChI=1S/C13H14F2O3/c14-10-5-9(6-11(15)7-10)13(18)3-1-8(2-4-13)12(16)17/h5-8,18H,1-4H2,(H,16,17). The summed E-state index contributed by atoms with van der Waals surface area (Å²) in [6.45, 7) is 0. The largest absolute Gasteiger partial charge is 0.481 e. The number of hydrogen-bond acceptors (Lipinski definition) is 2. The number of carboxylic acid groups (broad SMARTS) is 1. The molecule has 0 aromatic heterocycles. The Kier molecular flexibility index (Phi) is 3.34. The highest BCUT2D eigenvalue weighted by Gasteiger charge is 2.37. The lowest BCUT2D eigenvalue weighted by Crippen LogP contribution is -2.34. The highest BCUT2D eigenvalue weighted by molar-refractivity contribution is 5.70. The lowest BCUT2D eigenvalue weighted by molar-refractivity contribution is -0.145. The first-order valence-corrected chi connectivity index (χ1v) is 5.82. The van der Waals surface area contributed by atoms with E-state index in [0.29, 0.717) is 12.8 Å². The zero-order valence-corrected chi connectivity index (χ0v) is 9.70. The van der Waals surface area contributed by atoms with Gasteiger partial charge < -0.3 is 10.2 Å². The highest BCUT2D eigenvalue weighted by atomic mass is 19.1. The van der Waals surface area contributed by atoms with E-state index in [1.54, 1.807) is 0 Å². The van der Waals surface area contributed by atoms with Crippen molar-refractivity contribution in [3.8, 4) is 0 Å². The van der Waals surface area contributed by atoms with Gasteiger partial charge >= 0.3 is 5.97 Å². The van der Waals surface area contributed by atoms with Crippen molar-refractivity contribution >= 4 is 5.97 Å². The Morgan fingerprint density at radius 1 is 1.17 bits per heavy atom. The van der Waals surface area contributed by atoms with E-state index in [4.69, 9.17) is 5.11 Å². The Hall–Kier alpha value is -1.49. The molecule has 0 aliphatic heterocycles. The molecule has 0 radical (unpaired) electrons. The maximum absolute atomic E-state index is 13.1. The molecule has 1 aliphatic carbocycles. The van der Waals surface area contributed by atoms with E-state index in [9.17, 15) is 18.7 Å². The Balaban J connectivity index is 2.20. The second-order valence-corrected chi connectivity index (χ2v) is 4.80. The van der Waals surface area contributed by atoms with Crippen molar-refractivity contribution in [3.63, 3.8) is 0 Å². The van der Waals surface area contributed by atoms with Crippen molar-refractivity contribution < 1.29 is 23.8 Å². The van der Waals surface area contributed by atoms with Crippen LogP contribution in [0.5, 0.6) is 0 Å². The molecule has 0 bridgehead atoms. The van der Waals surface area contributed by atoms with E-state index >= 15 is 0 Å². The first-order chi connectivity index (χ1) is 8.40. The van der Waals surface area contributed by atoms with Gasteiger partial charge in [-0.1, -0.05) is 0 Å². The number of benzene rings is 1. The van der Waals surface area contributed by atoms with Crippen LogP contribution in [-0.4, -0.2) is 16.2 Å². The first-order valence-electron chi connectivity index (χ1n) is 5.82. The lowest BCUT2D eigenvalue weighted by atomic mass is 9.75. The fraction of sp³-hybridized carbons (Fsp3) is 0.462. The number of hydrogen-bond donors (Lipinski definition) is 2. The van der Waals surface area contributed by atoms with Crippen LogP contribution in [0.15, 0.2) is 18.2 Å². The van der Waals surface area contributed by atoms with Crippen LogP contribution in [0.1, 0.15) is 31.2 Å². The molecule has 0 unspecified atom stereocenters. The van der Waals surface area contributed by atoms with Crippen LogP contribution < -0.4 is 0 Å². The van der Waals surface area contributed by atoms with Crippen molar-refractivity contribution in [1.82, 2.24) is 0 Å². The zero-order chi connectivity index (χ0) is 13.3. The summed E-state index contributed by atoms with van der Waals surface area (Å²) in [7, 11) is 0. The van der Waals surface area contributed by atoms with E-state index in [-0.39, 0.29) is 18.4 Å². The first kappa shape index (κ1) is 13.0. The number of carboxylic acids is 1. The predicted molar refractivity (Wildman–Crippen MR) is 59.8 cm³/mol. The molecule has 1 fully saturated rings. The molecule has 1 saturated carbocycles. The molecule has 0 spiro atoms. The van der Waals surface area contributed by atoms with Gasteiger partial charge in [-0.05, 0) is 43.4 Å². The van der Waals surface area contributed by atoms with Gasteiger partial charge in [0, 0.05) is 6.07 Å². The van der Waals surface area contributed by atoms with E-state index in [1.807, 2.05) is 0 Å². The number of aliphatic carboxylic acids is 1. The molecule has 5 heteroatoms. The number of aliphatic hydroxyl groups is 1. The summed E-state index contributed by atoms with van der Waals surface area (Å²) in [6.07, 6.45) is 1.02. The third kappa shape index (κ3) is 2.51. The summed E-state index contributed by atoms with van der Waals surface area (Å²) in [5.41, 5.74) is -1.14. The molecule has 18 heavy (non-hydrogen) atoms. The normalized spacial score (nSPS) is 28.1. The molecule has 1 aromatic carbocycles. The number of halogens is 2. The molecule has 1 aromatic rings. The molecule has 3 nitrogen and oxygen atoms in total. The Bertz CT molecular complexity index is 445. The molecular formula is C13H14F2O3. The van der Waals surface area contributed by atoms with E-state index < -0.39 is 29.1 Å². The Morgan fingerprint density at radius 2 is 1.67 bits per heavy atom. The topological polar surface area (TPSA) is 57.5 Å². The quantitative estimate of drug-likeness (QED) is 0.854. The third-order valence-corrected chi connectivity index (χ3v) is 3.56. The summed E-state index contributed by atoms with van der Waals surface area (Å²) in [5.74, 6) is -2.84. The second-order valence-electron chi connectivity index (χ2n) is 4.80.